The Morgan fingerprint density at radius 2 is 2.05 bits per heavy atom. The van der Waals surface area contributed by atoms with Crippen molar-refractivity contribution in [2.75, 3.05) is 5.32 Å². The number of carbonyl (C=O) groups excluding carboxylic acids is 1. The summed E-state index contributed by atoms with van der Waals surface area (Å²) in [4.78, 5) is 17.5. The molecule has 108 valence electrons. The number of thiazole rings is 1. The van der Waals surface area contributed by atoms with Crippen LogP contribution in [0.15, 0.2) is 29.6 Å². The molecule has 21 heavy (non-hydrogen) atoms. The van der Waals surface area contributed by atoms with E-state index in [9.17, 15) is 4.79 Å². The van der Waals surface area contributed by atoms with Crippen molar-refractivity contribution >= 4 is 44.1 Å². The van der Waals surface area contributed by atoms with Gasteiger partial charge in [-0.3, -0.25) is 5.32 Å². The number of benzene rings is 1. The molecule has 0 spiro atoms. The molecule has 0 fully saturated rings. The molecule has 2 heterocycles. The maximum absolute atomic E-state index is 11.9. The minimum Gasteiger partial charge on any atom is -0.333 e. The van der Waals surface area contributed by atoms with Crippen LogP contribution in [0.25, 0.3) is 10.2 Å². The van der Waals surface area contributed by atoms with Crippen molar-refractivity contribution in [3.05, 3.63) is 45.6 Å². The molecule has 3 aromatic rings. The molecule has 2 aromatic heterocycles. The molecule has 2 N–H and O–H groups in total. The lowest BCUT2D eigenvalue weighted by Crippen LogP contribution is -2.27. The Balaban J connectivity index is 1.71. The fraction of sp³-hybridized carbons (Fsp3) is 0.200. The molecule has 0 saturated carbocycles. The summed E-state index contributed by atoms with van der Waals surface area (Å²) < 4.78 is 1.13. The van der Waals surface area contributed by atoms with E-state index in [0.29, 0.717) is 11.7 Å². The van der Waals surface area contributed by atoms with Gasteiger partial charge < -0.3 is 5.32 Å². The van der Waals surface area contributed by atoms with Gasteiger partial charge in [-0.15, -0.1) is 11.3 Å². The number of aromatic nitrogens is 1. The third kappa shape index (κ3) is 3.06. The molecule has 0 aliphatic carbocycles. The zero-order valence-electron chi connectivity index (χ0n) is 11.8. The molecule has 6 heteroatoms. The third-order valence-electron chi connectivity index (χ3n) is 3.17. The summed E-state index contributed by atoms with van der Waals surface area (Å²) in [5, 5.41) is 8.27. The first-order valence-corrected chi connectivity index (χ1v) is 8.27. The second-order valence-electron chi connectivity index (χ2n) is 4.78. The minimum atomic E-state index is -0.224. The SMILES string of the molecule is Cc1ccc(C)c2sc(NC(=O)NCc3cccs3)nc12. The highest BCUT2D eigenvalue weighted by molar-refractivity contribution is 7.22. The molecular formula is C15H15N3OS2. The van der Waals surface area contributed by atoms with E-state index in [0.717, 1.165) is 20.7 Å². The van der Waals surface area contributed by atoms with Crippen molar-refractivity contribution in [3.63, 3.8) is 0 Å². The van der Waals surface area contributed by atoms with Crippen LogP contribution in [0.3, 0.4) is 0 Å². The van der Waals surface area contributed by atoms with Crippen LogP contribution in [0.1, 0.15) is 16.0 Å². The molecule has 0 bridgehead atoms. The number of carbonyl (C=O) groups is 1. The highest BCUT2D eigenvalue weighted by atomic mass is 32.1. The zero-order chi connectivity index (χ0) is 14.8. The Bertz CT molecular complexity index is 739. The standard InChI is InChI=1S/C15H15N3OS2/c1-9-5-6-10(2)13-12(9)17-15(21-13)18-14(19)16-8-11-4-3-7-20-11/h3-7H,8H2,1-2H3,(H2,16,17,18,19). The second kappa shape index (κ2) is 5.83. The first-order valence-electron chi connectivity index (χ1n) is 6.57. The number of aryl methyl sites for hydroxylation is 2. The van der Waals surface area contributed by atoms with Crippen molar-refractivity contribution in [1.82, 2.24) is 10.3 Å². The van der Waals surface area contributed by atoms with Gasteiger partial charge in [0.1, 0.15) is 0 Å². The number of nitrogens with one attached hydrogen (secondary N) is 2. The van der Waals surface area contributed by atoms with E-state index in [1.807, 2.05) is 24.4 Å². The number of amides is 2. The maximum Gasteiger partial charge on any atom is 0.321 e. The Morgan fingerprint density at radius 3 is 2.76 bits per heavy atom. The number of hydrogen-bond acceptors (Lipinski definition) is 4. The first kappa shape index (κ1) is 14.0. The first-order chi connectivity index (χ1) is 10.1. The van der Waals surface area contributed by atoms with Crippen LogP contribution >= 0.6 is 22.7 Å². The van der Waals surface area contributed by atoms with Gasteiger partial charge >= 0.3 is 6.03 Å². The van der Waals surface area contributed by atoms with Gasteiger partial charge in [0.05, 0.1) is 16.8 Å². The van der Waals surface area contributed by atoms with E-state index < -0.39 is 0 Å². The molecule has 1 aromatic carbocycles. The maximum atomic E-state index is 11.9. The Labute approximate surface area is 130 Å². The van der Waals surface area contributed by atoms with Crippen molar-refractivity contribution in [3.8, 4) is 0 Å². The van der Waals surface area contributed by atoms with Crippen molar-refractivity contribution in [2.24, 2.45) is 0 Å². The predicted molar refractivity (Wildman–Crippen MR) is 89.3 cm³/mol. The Hall–Kier alpha value is -1.92. The lowest BCUT2D eigenvalue weighted by atomic mass is 10.1. The number of rotatable bonds is 3. The van der Waals surface area contributed by atoms with Crippen molar-refractivity contribution < 1.29 is 4.79 Å². The van der Waals surface area contributed by atoms with Crippen LogP contribution in [0, 0.1) is 13.8 Å². The van der Waals surface area contributed by atoms with Crippen LogP contribution in [-0.2, 0) is 6.54 Å². The van der Waals surface area contributed by atoms with E-state index in [1.54, 1.807) is 11.3 Å². The van der Waals surface area contributed by atoms with Crippen LogP contribution in [-0.4, -0.2) is 11.0 Å². The summed E-state index contributed by atoms with van der Waals surface area (Å²) in [6.45, 7) is 4.62. The smallest absolute Gasteiger partial charge is 0.321 e. The highest BCUT2D eigenvalue weighted by Crippen LogP contribution is 2.30. The largest absolute Gasteiger partial charge is 0.333 e. The van der Waals surface area contributed by atoms with Crippen molar-refractivity contribution in [1.29, 1.82) is 0 Å². The summed E-state index contributed by atoms with van der Waals surface area (Å²) in [6, 6.07) is 7.88. The quantitative estimate of drug-likeness (QED) is 0.757. The monoisotopic (exact) mass is 317 g/mol. The van der Waals surface area contributed by atoms with E-state index >= 15 is 0 Å². The summed E-state index contributed by atoms with van der Waals surface area (Å²) in [5.41, 5.74) is 3.27. The van der Waals surface area contributed by atoms with Gasteiger partial charge in [-0.05, 0) is 36.4 Å². The molecular weight excluding hydrogens is 302 g/mol. The highest BCUT2D eigenvalue weighted by Gasteiger charge is 2.10. The molecule has 0 unspecified atom stereocenters. The average Bonchev–Trinajstić information content (AvgIpc) is 3.10. The van der Waals surface area contributed by atoms with E-state index in [1.165, 1.54) is 16.9 Å². The van der Waals surface area contributed by atoms with Crippen LogP contribution in [0.4, 0.5) is 9.93 Å². The summed E-state index contributed by atoms with van der Waals surface area (Å²) in [6.07, 6.45) is 0. The zero-order valence-corrected chi connectivity index (χ0v) is 13.4. The third-order valence-corrected chi connectivity index (χ3v) is 5.15. The van der Waals surface area contributed by atoms with E-state index in [2.05, 4.69) is 34.7 Å². The molecule has 0 aliphatic rings. The van der Waals surface area contributed by atoms with Crippen LogP contribution < -0.4 is 10.6 Å². The molecule has 2 amide bonds. The lowest BCUT2D eigenvalue weighted by molar-refractivity contribution is 0.252. The number of hydrogen-bond donors (Lipinski definition) is 2. The number of nitrogens with zero attached hydrogens (tertiary/aromatic N) is 1. The van der Waals surface area contributed by atoms with Gasteiger partial charge in [0.2, 0.25) is 0 Å². The van der Waals surface area contributed by atoms with Gasteiger partial charge in [0, 0.05) is 4.88 Å². The second-order valence-corrected chi connectivity index (χ2v) is 6.81. The molecule has 0 saturated heterocycles. The van der Waals surface area contributed by atoms with Gasteiger partial charge in [0.25, 0.3) is 0 Å². The Kier molecular flexibility index (Phi) is 3.90. The molecule has 0 aliphatic heterocycles. The van der Waals surface area contributed by atoms with Gasteiger partial charge in [-0.2, -0.15) is 0 Å². The topological polar surface area (TPSA) is 54.0 Å². The number of urea groups is 1. The number of anilines is 1. The molecule has 4 nitrogen and oxygen atoms in total. The van der Waals surface area contributed by atoms with Crippen molar-refractivity contribution in [2.45, 2.75) is 20.4 Å². The van der Waals surface area contributed by atoms with Gasteiger partial charge in [0.15, 0.2) is 5.13 Å². The number of thiophene rings is 1. The fourth-order valence-electron chi connectivity index (χ4n) is 2.03. The summed E-state index contributed by atoms with van der Waals surface area (Å²) in [7, 11) is 0. The van der Waals surface area contributed by atoms with Gasteiger partial charge in [-0.1, -0.05) is 29.5 Å². The minimum absolute atomic E-state index is 0.224. The summed E-state index contributed by atoms with van der Waals surface area (Å²) in [5.74, 6) is 0. The lowest BCUT2D eigenvalue weighted by Gasteiger charge is -2.03. The predicted octanol–water partition coefficient (Wildman–Crippen LogP) is 4.30. The van der Waals surface area contributed by atoms with Gasteiger partial charge in [-0.25, -0.2) is 9.78 Å². The molecule has 3 rings (SSSR count). The Morgan fingerprint density at radius 1 is 1.24 bits per heavy atom. The van der Waals surface area contributed by atoms with Crippen LogP contribution in [0.2, 0.25) is 0 Å². The van der Waals surface area contributed by atoms with E-state index in [4.69, 9.17) is 0 Å². The number of fused-ring (bicyclic) bond motifs is 1. The summed E-state index contributed by atoms with van der Waals surface area (Å²) >= 11 is 3.13. The normalized spacial score (nSPS) is 10.8. The average molecular weight is 317 g/mol. The van der Waals surface area contributed by atoms with Crippen LogP contribution in [0.5, 0.6) is 0 Å². The van der Waals surface area contributed by atoms with E-state index in [-0.39, 0.29) is 6.03 Å². The fourth-order valence-corrected chi connectivity index (χ4v) is 3.69. The molecule has 0 atom stereocenters. The molecule has 0 radical (unpaired) electrons.